The van der Waals surface area contributed by atoms with Crippen LogP contribution in [0.15, 0.2) is 24.3 Å². The Morgan fingerprint density at radius 3 is 1.44 bits per heavy atom. The van der Waals surface area contributed by atoms with E-state index in [-0.39, 0.29) is 62.6 Å². The van der Waals surface area contributed by atoms with E-state index in [0.717, 1.165) is 44.9 Å². The molecule has 416 valence electrons. The molecule has 0 aromatic rings. The minimum absolute atomic E-state index is 0.0843. The van der Waals surface area contributed by atoms with Crippen LogP contribution < -0.4 is 21.3 Å². The van der Waals surface area contributed by atoms with Crippen molar-refractivity contribution in [3.63, 3.8) is 0 Å². The largest absolute Gasteiger partial charge is 0.460 e. The van der Waals surface area contributed by atoms with Gasteiger partial charge >= 0.3 is 30.0 Å². The van der Waals surface area contributed by atoms with Crippen LogP contribution in [-0.2, 0) is 47.6 Å². The van der Waals surface area contributed by atoms with Gasteiger partial charge in [-0.15, -0.1) is 0 Å². The molecule has 0 aliphatic carbocycles. The number of aliphatic hydroxyl groups excluding tert-OH is 5. The summed E-state index contributed by atoms with van der Waals surface area (Å²) in [7, 11) is 0. The summed E-state index contributed by atoms with van der Waals surface area (Å²) < 4.78 is 31.2. The van der Waals surface area contributed by atoms with Gasteiger partial charge in [-0.1, -0.05) is 130 Å². The SMILES string of the molecule is C=C(C)C(=O)OCCNC(=O)OCC1O[C@@](NC(=O)CCCCCCCCCCC)(OC(=O)NCCOC(=O)C(=C)C)C[C@@H](O)[C@@H]1O.CCCCCCCCCCCC(=O)N[C@]1(O)C[C@@H](O)[C@H](O)C(CO)O1. The highest BCUT2D eigenvalue weighted by atomic mass is 16.8. The van der Waals surface area contributed by atoms with Crippen molar-refractivity contribution >= 4 is 35.9 Å². The minimum Gasteiger partial charge on any atom is -0.460 e. The Morgan fingerprint density at radius 2 is 0.986 bits per heavy atom. The molecule has 2 aliphatic rings. The molecule has 0 saturated carbocycles. The maximum atomic E-state index is 13.0. The molecule has 2 fully saturated rings. The quantitative estimate of drug-likeness (QED) is 0.0143. The van der Waals surface area contributed by atoms with Crippen LogP contribution in [0.25, 0.3) is 0 Å². The number of rotatable bonds is 34. The summed E-state index contributed by atoms with van der Waals surface area (Å²) in [5.41, 5.74) is 0.373. The third-order valence-electron chi connectivity index (χ3n) is 11.6. The van der Waals surface area contributed by atoms with E-state index in [9.17, 15) is 54.3 Å². The van der Waals surface area contributed by atoms with Crippen LogP contribution in [-0.4, -0.2) is 155 Å². The fourth-order valence-corrected chi connectivity index (χ4v) is 7.54. The predicted octanol–water partition coefficient (Wildman–Crippen LogP) is 4.05. The summed E-state index contributed by atoms with van der Waals surface area (Å²) in [6, 6.07) is 0. The second-order valence-corrected chi connectivity index (χ2v) is 18.5. The molecule has 22 heteroatoms. The summed E-state index contributed by atoms with van der Waals surface area (Å²) in [4.78, 5) is 72.8. The Balaban J connectivity index is 0.000000868. The zero-order valence-corrected chi connectivity index (χ0v) is 43.3. The van der Waals surface area contributed by atoms with E-state index >= 15 is 0 Å². The highest BCUT2D eigenvalue weighted by molar-refractivity contribution is 5.87. The number of hydrogen-bond donors (Lipinski definition) is 10. The maximum absolute atomic E-state index is 13.0. The Labute approximate surface area is 425 Å². The van der Waals surface area contributed by atoms with Crippen molar-refractivity contribution in [3.05, 3.63) is 24.3 Å². The molecule has 0 bridgehead atoms. The number of nitrogens with one attached hydrogen (secondary N) is 4. The molecule has 2 heterocycles. The van der Waals surface area contributed by atoms with Gasteiger partial charge in [0.25, 0.3) is 5.91 Å². The number of ether oxygens (including phenoxy) is 6. The zero-order chi connectivity index (χ0) is 54.0. The van der Waals surface area contributed by atoms with Crippen molar-refractivity contribution < 1.29 is 87.8 Å². The van der Waals surface area contributed by atoms with Crippen molar-refractivity contribution in [1.82, 2.24) is 21.3 Å². The lowest BCUT2D eigenvalue weighted by Crippen LogP contribution is -2.65. The normalized spacial score (nSPS) is 23.5. The summed E-state index contributed by atoms with van der Waals surface area (Å²) in [5, 5.41) is 69.5. The van der Waals surface area contributed by atoms with Crippen LogP contribution in [0.5, 0.6) is 0 Å². The number of carbonyl (C=O) groups is 6. The molecular formula is C50H88N4O18. The van der Waals surface area contributed by atoms with Gasteiger partial charge in [-0.2, -0.15) is 0 Å². The van der Waals surface area contributed by atoms with Crippen molar-refractivity contribution in [3.8, 4) is 0 Å². The van der Waals surface area contributed by atoms with E-state index in [0.29, 0.717) is 6.42 Å². The van der Waals surface area contributed by atoms with Gasteiger partial charge in [0.15, 0.2) is 0 Å². The summed E-state index contributed by atoms with van der Waals surface area (Å²) >= 11 is 0. The highest BCUT2D eigenvalue weighted by Gasteiger charge is 2.51. The Morgan fingerprint density at radius 1 is 0.569 bits per heavy atom. The number of aliphatic hydroxyl groups is 6. The standard InChI is InChI=1S/C32H53N3O12.C18H35NO6/c1-6-7-8-9-10-11-12-13-14-15-26(37)35-32(47-31(42)34-17-19-44-29(40)23(4)5)20-24(36)27(38)25(46-32)21-45-30(41)33-16-18-43-28(39)22(2)3;1-2-3-4-5-6-7-8-9-10-11-16(22)19-18(24)12-14(21)17(23)15(13-20)25-18/h24-25,27,36,38H,2,4,6-21H2,1,3,5H3,(H,33,41)(H,34,42)(H,35,37);14-15,17,20-21,23-24H,2-13H2,1H3,(H,19,22)/t24-,25?,27+,32-;14-,15?,17+,18+/m11/s1. The topological polar surface area (TPSA) is 327 Å². The average Bonchev–Trinajstić information content (AvgIpc) is 3.32. The van der Waals surface area contributed by atoms with Crippen molar-refractivity contribution in [2.45, 2.75) is 217 Å². The molecule has 2 rings (SSSR count). The van der Waals surface area contributed by atoms with E-state index in [1.54, 1.807) is 0 Å². The number of unbranched alkanes of at least 4 members (excludes halogenated alkanes) is 16. The predicted molar refractivity (Wildman–Crippen MR) is 263 cm³/mol. The van der Waals surface area contributed by atoms with Crippen LogP contribution >= 0.6 is 0 Å². The van der Waals surface area contributed by atoms with Crippen molar-refractivity contribution in [2.75, 3.05) is 39.5 Å². The van der Waals surface area contributed by atoms with Crippen molar-refractivity contribution in [2.24, 2.45) is 0 Å². The number of carbonyl (C=O) groups excluding carboxylic acids is 6. The third kappa shape index (κ3) is 28.7. The van der Waals surface area contributed by atoms with Crippen molar-refractivity contribution in [1.29, 1.82) is 0 Å². The first-order valence-electron chi connectivity index (χ1n) is 25.8. The summed E-state index contributed by atoms with van der Waals surface area (Å²) in [6.45, 7) is 12.5. The molecule has 22 nitrogen and oxygen atoms in total. The molecule has 10 N–H and O–H groups in total. The number of hydrogen-bond acceptors (Lipinski definition) is 18. The van der Waals surface area contributed by atoms with Crippen LogP contribution in [0.3, 0.4) is 0 Å². The first-order chi connectivity index (χ1) is 34.2. The molecule has 72 heavy (non-hydrogen) atoms. The monoisotopic (exact) mass is 1030 g/mol. The van der Waals surface area contributed by atoms with Gasteiger partial charge < -0.3 is 75.0 Å². The van der Waals surface area contributed by atoms with Gasteiger partial charge in [0.2, 0.25) is 11.8 Å². The molecule has 2 aliphatic heterocycles. The van der Waals surface area contributed by atoms with Gasteiger partial charge in [-0.05, 0) is 26.7 Å². The summed E-state index contributed by atoms with van der Waals surface area (Å²) in [5.74, 6) is -6.45. The summed E-state index contributed by atoms with van der Waals surface area (Å²) in [6.07, 6.45) is 8.91. The van der Waals surface area contributed by atoms with Gasteiger partial charge in [0.1, 0.15) is 44.2 Å². The van der Waals surface area contributed by atoms with Crippen LogP contribution in [0.1, 0.15) is 169 Å². The molecule has 0 aromatic heterocycles. The van der Waals surface area contributed by atoms with E-state index in [4.69, 9.17) is 33.5 Å². The molecule has 0 radical (unpaired) electrons. The van der Waals surface area contributed by atoms with E-state index in [1.807, 2.05) is 0 Å². The molecule has 4 amide bonds. The average molecular weight is 1030 g/mol. The fourth-order valence-electron chi connectivity index (χ4n) is 7.54. The van der Waals surface area contributed by atoms with E-state index in [1.165, 1.54) is 78.1 Å². The van der Waals surface area contributed by atoms with Gasteiger partial charge in [-0.25, -0.2) is 19.2 Å². The number of esters is 2. The van der Waals surface area contributed by atoms with Crippen LogP contribution in [0.2, 0.25) is 0 Å². The van der Waals surface area contributed by atoms with Crippen LogP contribution in [0, 0.1) is 0 Å². The molecule has 2 saturated heterocycles. The molecule has 2 unspecified atom stereocenters. The smallest absolute Gasteiger partial charge is 0.411 e. The lowest BCUT2D eigenvalue weighted by atomic mass is 9.99. The van der Waals surface area contributed by atoms with Gasteiger partial charge in [-0.3, -0.25) is 14.9 Å². The lowest BCUT2D eigenvalue weighted by Gasteiger charge is -2.44. The highest BCUT2D eigenvalue weighted by Crippen LogP contribution is 2.30. The fraction of sp³-hybridized carbons (Fsp3) is 0.800. The van der Waals surface area contributed by atoms with E-state index in [2.05, 4.69) is 48.3 Å². The number of alkyl carbamates (subject to hydrolysis) is 2. The Kier molecular flexibility index (Phi) is 34.0. The zero-order valence-electron chi connectivity index (χ0n) is 43.3. The molecular weight excluding hydrogens is 945 g/mol. The van der Waals surface area contributed by atoms with Gasteiger partial charge in [0.05, 0.1) is 44.7 Å². The second kappa shape index (κ2) is 37.3. The van der Waals surface area contributed by atoms with E-state index < -0.39 is 98.1 Å². The third-order valence-corrected chi connectivity index (χ3v) is 11.6. The Hall–Kier alpha value is -4.42. The second-order valence-electron chi connectivity index (χ2n) is 18.5. The first-order valence-corrected chi connectivity index (χ1v) is 25.8. The van der Waals surface area contributed by atoms with Crippen LogP contribution in [0.4, 0.5) is 9.59 Å². The number of amides is 4. The first kappa shape index (κ1) is 65.6. The molecule has 0 aromatic carbocycles. The molecule has 0 spiro atoms. The van der Waals surface area contributed by atoms with Gasteiger partial charge in [0, 0.05) is 24.0 Å². The molecule has 8 atom stereocenters. The Bertz CT molecular complexity index is 1640. The minimum atomic E-state index is -2.23. The lowest BCUT2D eigenvalue weighted by molar-refractivity contribution is -0.315. The maximum Gasteiger partial charge on any atom is 0.411 e.